The number of rotatable bonds is 5. The van der Waals surface area contributed by atoms with E-state index in [-0.39, 0.29) is 16.7 Å². The van der Waals surface area contributed by atoms with E-state index in [1.54, 1.807) is 24.3 Å². The molecule has 0 saturated heterocycles. The molecule has 0 aliphatic carbocycles. The van der Waals surface area contributed by atoms with E-state index in [0.717, 1.165) is 11.6 Å². The van der Waals surface area contributed by atoms with Crippen LogP contribution in [0.2, 0.25) is 5.02 Å². The minimum Gasteiger partial charge on any atom is -0.865 e. The van der Waals surface area contributed by atoms with Gasteiger partial charge in [-0.3, -0.25) is 10.1 Å². The fourth-order valence-electron chi connectivity index (χ4n) is 2.32. The van der Waals surface area contributed by atoms with Crippen LogP contribution in [0.3, 0.4) is 0 Å². The van der Waals surface area contributed by atoms with Crippen molar-refractivity contribution in [2.45, 2.75) is 0 Å². The maximum absolute atomic E-state index is 11.9. The Bertz CT molecular complexity index is 1030. The first-order valence-electron chi connectivity index (χ1n) is 7.52. The Balaban J connectivity index is 1.95. The lowest BCUT2D eigenvalue weighted by Gasteiger charge is -2.13. The molecule has 0 saturated carbocycles. The van der Waals surface area contributed by atoms with Crippen LogP contribution in [0, 0.1) is 10.1 Å². The van der Waals surface area contributed by atoms with Gasteiger partial charge in [0.1, 0.15) is 10.8 Å². The van der Waals surface area contributed by atoms with E-state index in [4.69, 9.17) is 32.4 Å². The topological polar surface area (TPSA) is 101 Å². The minimum atomic E-state index is -0.808. The molecule has 3 rings (SSSR count). The van der Waals surface area contributed by atoms with E-state index in [1.807, 2.05) is 0 Å². The molecule has 1 heterocycles. The zero-order valence-corrected chi connectivity index (χ0v) is 15.3. The third-order valence-electron chi connectivity index (χ3n) is 3.61. The van der Waals surface area contributed by atoms with Gasteiger partial charge in [0.15, 0.2) is 5.76 Å². The van der Waals surface area contributed by atoms with Crippen molar-refractivity contribution >= 4 is 40.0 Å². The Kier molecular flexibility index (Phi) is 5.34. The normalized spacial score (nSPS) is 11.4. The first-order valence-corrected chi connectivity index (χ1v) is 8.27. The predicted octanol–water partition coefficient (Wildman–Crippen LogP) is 4.72. The summed E-state index contributed by atoms with van der Waals surface area (Å²) in [6.45, 7) is 0. The molecule has 2 aromatic carbocycles. The Hall–Kier alpha value is -3.03. The second kappa shape index (κ2) is 7.69. The second-order valence-electron chi connectivity index (χ2n) is 5.36. The van der Waals surface area contributed by atoms with Crippen molar-refractivity contribution in [3.8, 4) is 22.8 Å². The van der Waals surface area contributed by atoms with E-state index in [1.165, 1.54) is 25.4 Å². The summed E-state index contributed by atoms with van der Waals surface area (Å²) < 4.78 is 10.5. The summed E-state index contributed by atoms with van der Waals surface area (Å²) in [6.07, 6.45) is 2.90. The minimum absolute atomic E-state index is 0.102. The summed E-state index contributed by atoms with van der Waals surface area (Å²) in [7, 11) is 1.25. The van der Waals surface area contributed by atoms with Gasteiger partial charge < -0.3 is 14.3 Å². The molecule has 0 radical (unpaired) electrons. The molecule has 3 aromatic rings. The molecule has 9 heteroatoms. The lowest BCUT2D eigenvalue weighted by molar-refractivity contribution is -0.398. The lowest BCUT2D eigenvalue weighted by Crippen LogP contribution is -2.01. The molecule has 138 valence electrons. The molecule has 0 fully saturated rings. The van der Waals surface area contributed by atoms with Crippen LogP contribution in [0.4, 0.5) is 5.69 Å². The van der Waals surface area contributed by atoms with Gasteiger partial charge in [0, 0.05) is 22.4 Å². The summed E-state index contributed by atoms with van der Waals surface area (Å²) in [5.74, 6) is -0.368. The van der Waals surface area contributed by atoms with Gasteiger partial charge in [-0.25, -0.2) is 4.98 Å². The first-order chi connectivity index (χ1) is 12.9. The maximum atomic E-state index is 11.9. The van der Waals surface area contributed by atoms with Gasteiger partial charge in [-0.05, 0) is 42.0 Å². The Morgan fingerprint density at radius 3 is 2.63 bits per heavy atom. The Morgan fingerprint density at radius 2 is 2.00 bits per heavy atom. The quantitative estimate of drug-likeness (QED) is 0.449. The van der Waals surface area contributed by atoms with Gasteiger partial charge in [0.25, 0.3) is 5.69 Å². The van der Waals surface area contributed by atoms with Gasteiger partial charge >= 0.3 is 0 Å². The highest BCUT2D eigenvalue weighted by atomic mass is 35.5. The molecule has 0 bridgehead atoms. The Labute approximate surface area is 163 Å². The van der Waals surface area contributed by atoms with E-state index < -0.39 is 16.4 Å². The van der Waals surface area contributed by atoms with Crippen molar-refractivity contribution in [3.63, 3.8) is 0 Å². The van der Waals surface area contributed by atoms with E-state index >= 15 is 0 Å². The van der Waals surface area contributed by atoms with Crippen molar-refractivity contribution in [2.75, 3.05) is 7.11 Å². The molecular weight excluding hydrogens is 395 g/mol. The number of nitrogens with zero attached hydrogens (tertiary/aromatic N) is 2. The highest BCUT2D eigenvalue weighted by molar-refractivity contribution is 6.50. The maximum Gasteiger partial charge on any atom is 0.266 e. The van der Waals surface area contributed by atoms with Crippen LogP contribution in [0.5, 0.6) is 11.5 Å². The number of nitro benzene ring substituents is 1. The van der Waals surface area contributed by atoms with Gasteiger partial charge in [-0.1, -0.05) is 23.2 Å². The monoisotopic (exact) mass is 405 g/mol. The van der Waals surface area contributed by atoms with Crippen LogP contribution in [-0.2, 0) is 0 Å². The predicted molar refractivity (Wildman–Crippen MR) is 99.8 cm³/mol. The van der Waals surface area contributed by atoms with Crippen molar-refractivity contribution < 1.29 is 19.2 Å². The van der Waals surface area contributed by atoms with Crippen molar-refractivity contribution in [2.24, 2.45) is 0 Å². The number of benzene rings is 2. The van der Waals surface area contributed by atoms with Crippen molar-refractivity contribution in [1.82, 2.24) is 4.98 Å². The number of aromatic nitrogens is 1. The number of nitro groups is 1. The molecule has 0 atom stereocenters. The molecule has 0 aliphatic rings. The fraction of sp³-hybridized carbons (Fsp3) is 0.0556. The number of ether oxygens (including phenoxy) is 1. The molecule has 1 aromatic heterocycles. The third-order valence-corrected chi connectivity index (χ3v) is 4.13. The average molecular weight is 406 g/mol. The van der Waals surface area contributed by atoms with Crippen LogP contribution >= 0.6 is 23.2 Å². The number of methoxy groups -OCH3 is 1. The molecule has 0 N–H and O–H groups in total. The lowest BCUT2D eigenvalue weighted by atomic mass is 10.1. The van der Waals surface area contributed by atoms with Gasteiger partial charge in [-0.2, -0.15) is 0 Å². The van der Waals surface area contributed by atoms with Gasteiger partial charge in [-0.15, -0.1) is 0 Å². The first kappa shape index (κ1) is 18.8. The van der Waals surface area contributed by atoms with Crippen LogP contribution in [-0.4, -0.2) is 17.0 Å². The van der Waals surface area contributed by atoms with E-state index in [2.05, 4.69) is 4.98 Å². The van der Waals surface area contributed by atoms with Crippen LogP contribution in [0.1, 0.15) is 11.5 Å². The number of oxazole rings is 1. The summed E-state index contributed by atoms with van der Waals surface area (Å²) in [5.41, 5.74) is 0.448. The summed E-state index contributed by atoms with van der Waals surface area (Å²) >= 11 is 12.1. The van der Waals surface area contributed by atoms with Crippen molar-refractivity contribution in [3.05, 3.63) is 69.2 Å². The average Bonchev–Trinajstić information content (AvgIpc) is 3.13. The van der Waals surface area contributed by atoms with Gasteiger partial charge in [0.2, 0.25) is 5.89 Å². The van der Waals surface area contributed by atoms with Crippen LogP contribution in [0.25, 0.3) is 22.4 Å². The largest absolute Gasteiger partial charge is 0.865 e. The SMILES string of the molecule is COc1cc(/C=C(\Cl)c2ncc(-c3ccc(Cl)cc3)o2)cc([N+](=O)[O-])c1[O-]. The second-order valence-corrected chi connectivity index (χ2v) is 6.20. The smallest absolute Gasteiger partial charge is 0.266 e. The molecule has 27 heavy (non-hydrogen) atoms. The molecule has 0 amide bonds. The zero-order chi connectivity index (χ0) is 19.6. The Morgan fingerprint density at radius 1 is 1.30 bits per heavy atom. The number of halogens is 2. The molecule has 0 aliphatic heterocycles. The fourth-order valence-corrected chi connectivity index (χ4v) is 2.66. The highest BCUT2D eigenvalue weighted by Gasteiger charge is 2.15. The summed E-state index contributed by atoms with van der Waals surface area (Å²) in [5, 5.41) is 23.6. The van der Waals surface area contributed by atoms with Crippen LogP contribution in [0.15, 0.2) is 47.0 Å². The summed E-state index contributed by atoms with van der Waals surface area (Å²) in [6, 6.07) is 9.42. The van der Waals surface area contributed by atoms with E-state index in [0.29, 0.717) is 16.3 Å². The zero-order valence-electron chi connectivity index (χ0n) is 13.8. The van der Waals surface area contributed by atoms with Crippen LogP contribution < -0.4 is 9.84 Å². The molecule has 0 unspecified atom stereocenters. The molecule has 7 nitrogen and oxygen atoms in total. The molecular formula is C18H11Cl2N2O5-. The standard InChI is InChI=1S/C18H12Cl2N2O5/c1-26-15-8-10(7-14(17(15)23)22(24)25)6-13(20)18-21-9-16(27-18)11-2-4-12(19)5-3-11/h2-9,23H,1H3/p-1/b13-6-. The number of hydrogen-bond donors (Lipinski definition) is 0. The third kappa shape index (κ3) is 4.05. The number of hydrogen-bond acceptors (Lipinski definition) is 6. The van der Waals surface area contributed by atoms with Crippen molar-refractivity contribution in [1.29, 1.82) is 0 Å². The summed E-state index contributed by atoms with van der Waals surface area (Å²) in [4.78, 5) is 14.4. The van der Waals surface area contributed by atoms with Gasteiger partial charge in [0.05, 0.1) is 18.2 Å². The molecule has 0 spiro atoms. The highest BCUT2D eigenvalue weighted by Crippen LogP contribution is 2.36. The van der Waals surface area contributed by atoms with E-state index in [9.17, 15) is 15.2 Å².